The van der Waals surface area contributed by atoms with Crippen molar-refractivity contribution < 1.29 is 0 Å². The quantitative estimate of drug-likeness (QED) is 0.874. The Morgan fingerprint density at radius 1 is 1.52 bits per heavy atom. The van der Waals surface area contributed by atoms with Crippen LogP contribution in [0.25, 0.3) is 0 Å². The van der Waals surface area contributed by atoms with E-state index in [1.54, 1.807) is 0 Å². The summed E-state index contributed by atoms with van der Waals surface area (Å²) in [6.07, 6.45) is 7.99. The van der Waals surface area contributed by atoms with E-state index in [0.717, 1.165) is 12.3 Å². The topological polar surface area (TPSA) is 54.2 Å². The predicted octanol–water partition coefficient (Wildman–Crippen LogP) is 2.30. The first-order valence-electron chi connectivity index (χ1n) is 8.03. The standard InChI is InChI=1S/C17H30N4/c1-13-6-5-8-17(12-13,21(3)4)15(19-2)10-14-7-9-20-16(18)11-14/h7,9,11,13,15,19H,5-6,8,10,12H2,1-4H3,(H2,18,20). The minimum atomic E-state index is 0.227. The number of nitrogens with zero attached hydrogens (tertiary/aromatic N) is 2. The van der Waals surface area contributed by atoms with E-state index in [1.807, 2.05) is 12.3 Å². The zero-order chi connectivity index (χ0) is 15.5. The zero-order valence-electron chi connectivity index (χ0n) is 13.9. The summed E-state index contributed by atoms with van der Waals surface area (Å²) < 4.78 is 0. The second-order valence-corrected chi connectivity index (χ2v) is 6.83. The van der Waals surface area contributed by atoms with Crippen molar-refractivity contribution >= 4 is 5.82 Å². The number of hydrogen-bond donors (Lipinski definition) is 2. The van der Waals surface area contributed by atoms with Gasteiger partial charge in [0, 0.05) is 17.8 Å². The molecule has 0 saturated heterocycles. The Morgan fingerprint density at radius 3 is 2.86 bits per heavy atom. The lowest BCUT2D eigenvalue weighted by Gasteiger charge is -2.50. The molecule has 2 rings (SSSR count). The molecule has 118 valence electrons. The molecule has 3 atom stereocenters. The van der Waals surface area contributed by atoms with Gasteiger partial charge in [0.1, 0.15) is 5.82 Å². The van der Waals surface area contributed by atoms with E-state index in [0.29, 0.717) is 11.9 Å². The molecule has 0 aromatic carbocycles. The number of pyridine rings is 1. The molecular weight excluding hydrogens is 260 g/mol. The van der Waals surface area contributed by atoms with E-state index in [-0.39, 0.29) is 5.54 Å². The molecule has 3 N–H and O–H groups in total. The SMILES string of the molecule is CNC(Cc1ccnc(N)c1)C1(N(C)C)CCCC(C)C1. The fourth-order valence-electron chi connectivity index (χ4n) is 4.02. The average Bonchev–Trinajstić information content (AvgIpc) is 2.44. The lowest BCUT2D eigenvalue weighted by molar-refractivity contribution is 0.0399. The third kappa shape index (κ3) is 3.55. The van der Waals surface area contributed by atoms with Crippen LogP contribution in [0, 0.1) is 5.92 Å². The summed E-state index contributed by atoms with van der Waals surface area (Å²) in [4.78, 5) is 6.54. The maximum Gasteiger partial charge on any atom is 0.123 e. The first kappa shape index (κ1) is 16.2. The van der Waals surface area contributed by atoms with Crippen LogP contribution in [0.3, 0.4) is 0 Å². The Kier molecular flexibility index (Phi) is 5.22. The molecule has 3 unspecified atom stereocenters. The van der Waals surface area contributed by atoms with Gasteiger partial charge < -0.3 is 16.0 Å². The zero-order valence-corrected chi connectivity index (χ0v) is 13.9. The van der Waals surface area contributed by atoms with Gasteiger partial charge in [0.15, 0.2) is 0 Å². The average molecular weight is 290 g/mol. The minimum Gasteiger partial charge on any atom is -0.384 e. The summed E-state index contributed by atoms with van der Waals surface area (Å²) in [5.41, 5.74) is 7.32. The summed E-state index contributed by atoms with van der Waals surface area (Å²) in [7, 11) is 6.53. The third-order valence-electron chi connectivity index (χ3n) is 5.18. The molecule has 4 nitrogen and oxygen atoms in total. The number of nitrogens with one attached hydrogen (secondary N) is 1. The highest BCUT2D eigenvalue weighted by Gasteiger charge is 2.42. The Morgan fingerprint density at radius 2 is 2.29 bits per heavy atom. The Balaban J connectivity index is 2.23. The van der Waals surface area contributed by atoms with E-state index < -0.39 is 0 Å². The lowest BCUT2D eigenvalue weighted by Crippen LogP contribution is -2.61. The molecule has 1 saturated carbocycles. The van der Waals surface area contributed by atoms with Crippen molar-refractivity contribution in [1.82, 2.24) is 15.2 Å². The predicted molar refractivity (Wildman–Crippen MR) is 89.3 cm³/mol. The van der Waals surface area contributed by atoms with Crippen LogP contribution in [-0.2, 0) is 6.42 Å². The van der Waals surface area contributed by atoms with Gasteiger partial charge in [-0.25, -0.2) is 4.98 Å². The lowest BCUT2D eigenvalue weighted by atomic mass is 9.70. The molecule has 0 spiro atoms. The highest BCUT2D eigenvalue weighted by molar-refractivity contribution is 5.32. The molecule has 1 heterocycles. The first-order valence-corrected chi connectivity index (χ1v) is 8.03. The largest absolute Gasteiger partial charge is 0.384 e. The van der Waals surface area contributed by atoms with E-state index in [2.05, 4.69) is 49.3 Å². The van der Waals surface area contributed by atoms with Gasteiger partial charge in [0.05, 0.1) is 0 Å². The van der Waals surface area contributed by atoms with Gasteiger partial charge in [0.2, 0.25) is 0 Å². The number of likely N-dealkylation sites (N-methyl/N-ethyl adjacent to an activating group) is 2. The van der Waals surface area contributed by atoms with Crippen molar-refractivity contribution in [2.45, 2.75) is 50.6 Å². The molecule has 1 aliphatic carbocycles. The second kappa shape index (κ2) is 6.75. The highest BCUT2D eigenvalue weighted by Crippen LogP contribution is 2.39. The Labute approximate surface area is 129 Å². The fraction of sp³-hybridized carbons (Fsp3) is 0.706. The molecule has 0 aliphatic heterocycles. The summed E-state index contributed by atoms with van der Waals surface area (Å²) in [5.74, 6) is 1.40. The molecule has 4 heteroatoms. The first-order chi connectivity index (χ1) is 9.98. The minimum absolute atomic E-state index is 0.227. The molecule has 21 heavy (non-hydrogen) atoms. The monoisotopic (exact) mass is 290 g/mol. The number of nitrogens with two attached hydrogens (primary N) is 1. The van der Waals surface area contributed by atoms with Crippen molar-refractivity contribution in [3.63, 3.8) is 0 Å². The number of hydrogen-bond acceptors (Lipinski definition) is 4. The molecule has 0 amide bonds. The van der Waals surface area contributed by atoms with Crippen LogP contribution >= 0.6 is 0 Å². The molecular formula is C17H30N4. The maximum atomic E-state index is 5.83. The summed E-state index contributed by atoms with van der Waals surface area (Å²) in [6, 6.07) is 4.51. The smallest absolute Gasteiger partial charge is 0.123 e. The van der Waals surface area contributed by atoms with Crippen molar-refractivity contribution in [3.05, 3.63) is 23.9 Å². The van der Waals surface area contributed by atoms with E-state index >= 15 is 0 Å². The number of nitrogen functional groups attached to an aromatic ring is 1. The van der Waals surface area contributed by atoms with Gasteiger partial charge in [-0.3, -0.25) is 0 Å². The summed E-state index contributed by atoms with van der Waals surface area (Å²) in [5, 5.41) is 3.58. The molecule has 1 aliphatic rings. The van der Waals surface area contributed by atoms with Crippen LogP contribution in [-0.4, -0.2) is 42.6 Å². The van der Waals surface area contributed by atoms with Crippen LogP contribution in [0.1, 0.15) is 38.2 Å². The van der Waals surface area contributed by atoms with Gasteiger partial charge >= 0.3 is 0 Å². The normalized spacial score (nSPS) is 27.8. The molecule has 0 radical (unpaired) electrons. The fourth-order valence-corrected chi connectivity index (χ4v) is 4.02. The van der Waals surface area contributed by atoms with Crippen molar-refractivity contribution in [2.75, 3.05) is 26.9 Å². The second-order valence-electron chi connectivity index (χ2n) is 6.83. The van der Waals surface area contributed by atoms with Crippen LogP contribution in [0.15, 0.2) is 18.3 Å². The van der Waals surface area contributed by atoms with Crippen molar-refractivity contribution in [3.8, 4) is 0 Å². The van der Waals surface area contributed by atoms with Gasteiger partial charge in [-0.05, 0) is 64.0 Å². The van der Waals surface area contributed by atoms with Crippen molar-refractivity contribution in [1.29, 1.82) is 0 Å². The molecule has 1 aromatic rings. The van der Waals surface area contributed by atoms with Crippen LogP contribution in [0.4, 0.5) is 5.82 Å². The maximum absolute atomic E-state index is 5.83. The number of anilines is 1. The molecule has 0 bridgehead atoms. The van der Waals surface area contributed by atoms with Crippen LogP contribution < -0.4 is 11.1 Å². The van der Waals surface area contributed by atoms with Crippen molar-refractivity contribution in [2.24, 2.45) is 5.92 Å². The molecule has 1 fully saturated rings. The number of aromatic nitrogens is 1. The number of rotatable bonds is 5. The van der Waals surface area contributed by atoms with Gasteiger partial charge in [-0.1, -0.05) is 19.8 Å². The summed E-state index contributed by atoms with van der Waals surface area (Å²) >= 11 is 0. The van der Waals surface area contributed by atoms with Gasteiger partial charge in [-0.15, -0.1) is 0 Å². The summed E-state index contributed by atoms with van der Waals surface area (Å²) in [6.45, 7) is 2.38. The van der Waals surface area contributed by atoms with Gasteiger partial charge in [-0.2, -0.15) is 0 Å². The van der Waals surface area contributed by atoms with Gasteiger partial charge in [0.25, 0.3) is 0 Å². The Bertz CT molecular complexity index is 460. The van der Waals surface area contributed by atoms with Crippen LogP contribution in [0.5, 0.6) is 0 Å². The van der Waals surface area contributed by atoms with E-state index in [1.165, 1.54) is 31.2 Å². The molecule has 1 aromatic heterocycles. The highest BCUT2D eigenvalue weighted by atomic mass is 15.2. The third-order valence-corrected chi connectivity index (χ3v) is 5.18. The van der Waals surface area contributed by atoms with E-state index in [4.69, 9.17) is 5.73 Å². The van der Waals surface area contributed by atoms with E-state index in [9.17, 15) is 0 Å². The Hall–Kier alpha value is -1.13. The van der Waals surface area contributed by atoms with Crippen LogP contribution in [0.2, 0.25) is 0 Å².